The van der Waals surface area contributed by atoms with Crippen molar-refractivity contribution in [3.63, 3.8) is 0 Å². The zero-order valence-electron chi connectivity index (χ0n) is 9.67. The molecule has 1 aliphatic heterocycles. The van der Waals surface area contributed by atoms with E-state index in [2.05, 4.69) is 0 Å². The van der Waals surface area contributed by atoms with Gasteiger partial charge in [-0.1, -0.05) is 18.2 Å². The smallest absolute Gasteiger partial charge is 0.199 e. The van der Waals surface area contributed by atoms with E-state index in [0.717, 1.165) is 43.5 Å². The van der Waals surface area contributed by atoms with E-state index in [1.807, 2.05) is 24.3 Å². The molecule has 1 aromatic rings. The highest BCUT2D eigenvalue weighted by molar-refractivity contribution is 5.75. The van der Waals surface area contributed by atoms with Crippen molar-refractivity contribution >= 4 is 12.4 Å². The van der Waals surface area contributed by atoms with Crippen LogP contribution in [0.5, 0.6) is 5.75 Å². The average Bonchev–Trinajstić information content (AvgIpc) is 2.39. The minimum atomic E-state index is -0.158. The van der Waals surface area contributed by atoms with Crippen molar-refractivity contribution in [3.8, 4) is 5.75 Å². The summed E-state index contributed by atoms with van der Waals surface area (Å²) in [5.41, 5.74) is 0.897. The first-order valence-electron chi connectivity index (χ1n) is 5.89. The molecule has 17 heavy (non-hydrogen) atoms. The molecule has 0 aliphatic carbocycles. The van der Waals surface area contributed by atoms with Gasteiger partial charge < -0.3 is 9.47 Å². The Bertz CT molecular complexity index is 392. The van der Waals surface area contributed by atoms with Gasteiger partial charge in [0, 0.05) is 12.0 Å². The molecule has 3 heteroatoms. The van der Waals surface area contributed by atoms with E-state index in [1.54, 1.807) is 6.08 Å². The van der Waals surface area contributed by atoms with Gasteiger partial charge in [-0.2, -0.15) is 0 Å². The average molecular weight is 232 g/mol. The topological polar surface area (TPSA) is 35.5 Å². The van der Waals surface area contributed by atoms with Gasteiger partial charge in [-0.15, -0.1) is 0 Å². The van der Waals surface area contributed by atoms with Crippen LogP contribution in [-0.4, -0.2) is 19.2 Å². The first-order chi connectivity index (χ1) is 8.40. The van der Waals surface area contributed by atoms with Crippen molar-refractivity contribution in [2.75, 3.05) is 6.61 Å². The van der Waals surface area contributed by atoms with Gasteiger partial charge in [-0.05, 0) is 31.1 Å². The standard InChI is InChI=1S/C14H16O3/c15-10-5-7-12-6-1-2-8-13(12)17-14-9-3-4-11-16-14/h1-2,5-8,10,14H,3-4,9,11H2/b7-5+/t14-/m1/s1. The lowest BCUT2D eigenvalue weighted by molar-refractivity contribution is -0.106. The highest BCUT2D eigenvalue weighted by Gasteiger charge is 2.15. The van der Waals surface area contributed by atoms with Crippen LogP contribution in [0, 0.1) is 0 Å². The SMILES string of the molecule is O=C/C=C/c1ccccc1O[C@@H]1CCCCO1. The Labute approximate surface area is 101 Å². The molecule has 1 atom stereocenters. The van der Waals surface area contributed by atoms with Gasteiger partial charge in [0.05, 0.1) is 6.61 Å². The molecular weight excluding hydrogens is 216 g/mol. The Morgan fingerprint density at radius 2 is 2.18 bits per heavy atom. The lowest BCUT2D eigenvalue weighted by atomic mass is 10.1. The summed E-state index contributed by atoms with van der Waals surface area (Å²) in [6.07, 6.45) is 6.97. The van der Waals surface area contributed by atoms with Crippen LogP contribution in [0.25, 0.3) is 6.08 Å². The van der Waals surface area contributed by atoms with Crippen molar-refractivity contribution in [1.82, 2.24) is 0 Å². The molecule has 90 valence electrons. The summed E-state index contributed by atoms with van der Waals surface area (Å²) < 4.78 is 11.3. The molecule has 0 amide bonds. The Hall–Kier alpha value is -1.61. The molecule has 0 saturated carbocycles. The van der Waals surface area contributed by atoms with Crippen LogP contribution in [0.4, 0.5) is 0 Å². The molecule has 0 bridgehead atoms. The minimum absolute atomic E-state index is 0.158. The fourth-order valence-electron chi connectivity index (χ4n) is 1.81. The monoisotopic (exact) mass is 232 g/mol. The van der Waals surface area contributed by atoms with Gasteiger partial charge in [-0.3, -0.25) is 4.79 Å². The molecule has 0 spiro atoms. The van der Waals surface area contributed by atoms with Gasteiger partial charge in [0.1, 0.15) is 12.0 Å². The highest BCUT2D eigenvalue weighted by atomic mass is 16.7. The fourth-order valence-corrected chi connectivity index (χ4v) is 1.81. The fraction of sp³-hybridized carbons (Fsp3) is 0.357. The number of hydrogen-bond acceptors (Lipinski definition) is 3. The maximum absolute atomic E-state index is 10.3. The summed E-state index contributed by atoms with van der Waals surface area (Å²) in [7, 11) is 0. The maximum Gasteiger partial charge on any atom is 0.199 e. The van der Waals surface area contributed by atoms with E-state index in [1.165, 1.54) is 6.08 Å². The van der Waals surface area contributed by atoms with Crippen LogP contribution in [0.2, 0.25) is 0 Å². The highest BCUT2D eigenvalue weighted by Crippen LogP contribution is 2.23. The minimum Gasteiger partial charge on any atom is -0.464 e. The van der Waals surface area contributed by atoms with Gasteiger partial charge in [0.25, 0.3) is 0 Å². The summed E-state index contributed by atoms with van der Waals surface area (Å²) in [5, 5.41) is 0. The zero-order chi connectivity index (χ0) is 11.9. The number of hydrogen-bond donors (Lipinski definition) is 0. The van der Waals surface area contributed by atoms with Gasteiger partial charge >= 0.3 is 0 Å². The molecule has 1 fully saturated rings. The summed E-state index contributed by atoms with van der Waals surface area (Å²) in [6, 6.07) is 7.63. The molecule has 2 rings (SSSR count). The van der Waals surface area contributed by atoms with Gasteiger partial charge in [0.15, 0.2) is 6.29 Å². The number of rotatable bonds is 4. The largest absolute Gasteiger partial charge is 0.464 e. The second-order valence-electron chi connectivity index (χ2n) is 3.95. The van der Waals surface area contributed by atoms with Crippen molar-refractivity contribution in [2.45, 2.75) is 25.6 Å². The molecule has 0 radical (unpaired) electrons. The Balaban J connectivity index is 2.08. The number of benzene rings is 1. The van der Waals surface area contributed by atoms with Crippen molar-refractivity contribution in [3.05, 3.63) is 35.9 Å². The van der Waals surface area contributed by atoms with Crippen LogP contribution >= 0.6 is 0 Å². The number of para-hydroxylation sites is 1. The lowest BCUT2D eigenvalue weighted by Gasteiger charge is -2.24. The van der Waals surface area contributed by atoms with E-state index >= 15 is 0 Å². The first kappa shape index (κ1) is 11.9. The Morgan fingerprint density at radius 1 is 1.29 bits per heavy atom. The molecule has 1 heterocycles. The van der Waals surface area contributed by atoms with Crippen molar-refractivity contribution in [2.24, 2.45) is 0 Å². The summed E-state index contributed by atoms with van der Waals surface area (Å²) in [5.74, 6) is 0.762. The van der Waals surface area contributed by atoms with Gasteiger partial charge in [0.2, 0.25) is 0 Å². The first-order valence-corrected chi connectivity index (χ1v) is 5.89. The number of carbonyl (C=O) groups is 1. The number of ether oxygens (including phenoxy) is 2. The third kappa shape index (κ3) is 3.43. The molecule has 3 nitrogen and oxygen atoms in total. The van der Waals surface area contributed by atoms with Gasteiger partial charge in [-0.25, -0.2) is 0 Å². The van der Waals surface area contributed by atoms with Crippen LogP contribution in [0.3, 0.4) is 0 Å². The molecule has 1 aliphatic rings. The van der Waals surface area contributed by atoms with Crippen LogP contribution in [-0.2, 0) is 9.53 Å². The maximum atomic E-state index is 10.3. The third-order valence-electron chi connectivity index (χ3n) is 2.67. The normalized spacial score (nSPS) is 20.4. The predicted octanol–water partition coefficient (Wildman–Crippen LogP) is 2.80. The number of allylic oxidation sites excluding steroid dienone is 1. The van der Waals surface area contributed by atoms with E-state index in [-0.39, 0.29) is 6.29 Å². The molecule has 0 N–H and O–H groups in total. The number of aldehydes is 1. The van der Waals surface area contributed by atoms with E-state index < -0.39 is 0 Å². The van der Waals surface area contributed by atoms with Crippen LogP contribution in [0.15, 0.2) is 30.3 Å². The van der Waals surface area contributed by atoms with Crippen LogP contribution < -0.4 is 4.74 Å². The van der Waals surface area contributed by atoms with E-state index in [0.29, 0.717) is 0 Å². The Kier molecular flexibility index (Phi) is 4.33. The molecular formula is C14H16O3. The molecule has 0 aromatic heterocycles. The third-order valence-corrected chi connectivity index (χ3v) is 2.67. The van der Waals surface area contributed by atoms with Crippen molar-refractivity contribution in [1.29, 1.82) is 0 Å². The zero-order valence-corrected chi connectivity index (χ0v) is 9.67. The Morgan fingerprint density at radius 3 is 2.94 bits per heavy atom. The molecule has 0 unspecified atom stereocenters. The summed E-state index contributed by atoms with van der Waals surface area (Å²) in [4.78, 5) is 10.3. The second-order valence-corrected chi connectivity index (χ2v) is 3.95. The van der Waals surface area contributed by atoms with E-state index in [9.17, 15) is 4.79 Å². The predicted molar refractivity (Wildman–Crippen MR) is 65.8 cm³/mol. The van der Waals surface area contributed by atoms with Crippen LogP contribution in [0.1, 0.15) is 24.8 Å². The summed E-state index contributed by atoms with van der Waals surface area (Å²) in [6.45, 7) is 0.761. The number of carbonyl (C=O) groups excluding carboxylic acids is 1. The lowest BCUT2D eigenvalue weighted by Crippen LogP contribution is -2.25. The summed E-state index contributed by atoms with van der Waals surface area (Å²) >= 11 is 0. The second kappa shape index (κ2) is 6.21. The molecule has 1 aromatic carbocycles. The molecule has 1 saturated heterocycles. The quantitative estimate of drug-likeness (QED) is 0.591. The van der Waals surface area contributed by atoms with E-state index in [4.69, 9.17) is 9.47 Å². The van der Waals surface area contributed by atoms with Crippen molar-refractivity contribution < 1.29 is 14.3 Å².